The molecule has 100 valence electrons. The molecule has 1 aromatic heterocycles. The Morgan fingerprint density at radius 3 is 2.56 bits per heavy atom. The van der Waals surface area contributed by atoms with Gasteiger partial charge in [-0.15, -0.1) is 0 Å². The van der Waals surface area contributed by atoms with Crippen molar-refractivity contribution >= 4 is 15.9 Å². The summed E-state index contributed by atoms with van der Waals surface area (Å²) in [7, 11) is 0. The maximum absolute atomic E-state index is 12.8. The normalized spacial score (nSPS) is 18.0. The van der Waals surface area contributed by atoms with Gasteiger partial charge in [0, 0.05) is 36.2 Å². The van der Waals surface area contributed by atoms with E-state index in [4.69, 9.17) is 4.74 Å². The van der Waals surface area contributed by atoms with Crippen LogP contribution in [0.1, 0.15) is 35.8 Å². The minimum absolute atomic E-state index is 0.0378. The highest BCUT2D eigenvalue weighted by Crippen LogP contribution is 2.33. The number of hydrogen-bond donors (Lipinski definition) is 0. The van der Waals surface area contributed by atoms with Crippen molar-refractivity contribution in [3.05, 3.63) is 23.3 Å². The van der Waals surface area contributed by atoms with Gasteiger partial charge in [0.25, 0.3) is 0 Å². The van der Waals surface area contributed by atoms with Crippen LogP contribution < -0.4 is 0 Å². The van der Waals surface area contributed by atoms with E-state index >= 15 is 0 Å². The molecule has 0 unspecified atom stereocenters. The summed E-state index contributed by atoms with van der Waals surface area (Å²) in [6.07, 6.45) is -1.84. The number of hydrogen-bond acceptors (Lipinski definition) is 3. The molecular weight excluding hydrogens is 313 g/mol. The minimum atomic E-state index is -4.44. The van der Waals surface area contributed by atoms with Gasteiger partial charge >= 0.3 is 6.18 Å². The van der Waals surface area contributed by atoms with E-state index in [1.807, 2.05) is 0 Å². The van der Waals surface area contributed by atoms with Gasteiger partial charge in [0.1, 0.15) is 5.82 Å². The molecule has 0 radical (unpaired) electrons. The molecule has 0 bridgehead atoms. The van der Waals surface area contributed by atoms with E-state index in [0.717, 1.165) is 0 Å². The van der Waals surface area contributed by atoms with Gasteiger partial charge in [-0.25, -0.2) is 9.97 Å². The summed E-state index contributed by atoms with van der Waals surface area (Å²) in [5.41, 5.74) is -0.769. The molecule has 2 heterocycles. The SMILES string of the molecule is FC(F)(F)c1nc(C2CCOCC2)ncc1CBr. The Bertz CT molecular complexity index is 419. The summed E-state index contributed by atoms with van der Waals surface area (Å²) in [4.78, 5) is 7.77. The summed E-state index contributed by atoms with van der Waals surface area (Å²) >= 11 is 3.02. The molecule has 2 rings (SSSR count). The van der Waals surface area contributed by atoms with Crippen molar-refractivity contribution < 1.29 is 17.9 Å². The fourth-order valence-corrected chi connectivity index (χ4v) is 2.33. The molecule has 1 aliphatic rings. The van der Waals surface area contributed by atoms with Crippen molar-refractivity contribution in [3.63, 3.8) is 0 Å². The zero-order chi connectivity index (χ0) is 13.2. The zero-order valence-electron chi connectivity index (χ0n) is 9.50. The van der Waals surface area contributed by atoms with Crippen LogP contribution in [0.2, 0.25) is 0 Å². The van der Waals surface area contributed by atoms with Gasteiger partial charge in [0.15, 0.2) is 5.69 Å². The third-order valence-electron chi connectivity index (χ3n) is 2.88. The van der Waals surface area contributed by atoms with Gasteiger partial charge < -0.3 is 4.74 Å². The minimum Gasteiger partial charge on any atom is -0.381 e. The Morgan fingerprint density at radius 1 is 1.33 bits per heavy atom. The Morgan fingerprint density at radius 2 is 2.00 bits per heavy atom. The molecule has 1 aromatic rings. The maximum atomic E-state index is 12.8. The number of alkyl halides is 4. The van der Waals surface area contributed by atoms with Crippen molar-refractivity contribution in [1.82, 2.24) is 9.97 Å². The molecule has 3 nitrogen and oxygen atoms in total. The Balaban J connectivity index is 2.33. The molecule has 7 heteroatoms. The Labute approximate surface area is 111 Å². The molecule has 0 spiro atoms. The molecular formula is C11H12BrF3N2O. The van der Waals surface area contributed by atoms with E-state index in [-0.39, 0.29) is 22.6 Å². The number of aromatic nitrogens is 2. The van der Waals surface area contributed by atoms with E-state index in [1.165, 1.54) is 6.20 Å². The van der Waals surface area contributed by atoms with Gasteiger partial charge in [0.05, 0.1) is 0 Å². The molecule has 0 saturated carbocycles. The Kier molecular flexibility index (Phi) is 4.21. The summed E-state index contributed by atoms with van der Waals surface area (Å²) in [5.74, 6) is 0.236. The van der Waals surface area contributed by atoms with Gasteiger partial charge in [-0.1, -0.05) is 15.9 Å². The molecule has 0 aliphatic carbocycles. The molecule has 1 fully saturated rings. The first-order valence-corrected chi connectivity index (χ1v) is 6.71. The van der Waals surface area contributed by atoms with Gasteiger partial charge in [-0.05, 0) is 12.8 Å². The Hall–Kier alpha value is -0.690. The number of ether oxygens (including phenoxy) is 1. The van der Waals surface area contributed by atoms with Crippen LogP contribution in [-0.2, 0) is 16.2 Å². The fraction of sp³-hybridized carbons (Fsp3) is 0.636. The molecule has 1 saturated heterocycles. The number of nitrogens with zero attached hydrogens (tertiary/aromatic N) is 2. The third-order valence-corrected chi connectivity index (χ3v) is 3.49. The summed E-state index contributed by atoms with van der Waals surface area (Å²) < 4.78 is 43.7. The average molecular weight is 325 g/mol. The predicted molar refractivity (Wildman–Crippen MR) is 62.5 cm³/mol. The zero-order valence-corrected chi connectivity index (χ0v) is 11.1. The molecule has 0 atom stereocenters. The largest absolute Gasteiger partial charge is 0.433 e. The van der Waals surface area contributed by atoms with Crippen LogP contribution in [0.3, 0.4) is 0 Å². The van der Waals surface area contributed by atoms with Crippen LogP contribution in [0, 0.1) is 0 Å². The van der Waals surface area contributed by atoms with Crippen molar-refractivity contribution in [2.45, 2.75) is 30.3 Å². The van der Waals surface area contributed by atoms with E-state index in [1.54, 1.807) is 0 Å². The lowest BCUT2D eigenvalue weighted by Gasteiger charge is -2.21. The molecule has 18 heavy (non-hydrogen) atoms. The highest BCUT2D eigenvalue weighted by Gasteiger charge is 2.36. The average Bonchev–Trinajstić information content (AvgIpc) is 2.38. The molecule has 0 N–H and O–H groups in total. The smallest absolute Gasteiger partial charge is 0.381 e. The van der Waals surface area contributed by atoms with E-state index < -0.39 is 11.9 Å². The molecule has 1 aliphatic heterocycles. The lowest BCUT2D eigenvalue weighted by molar-refractivity contribution is -0.142. The van der Waals surface area contributed by atoms with Crippen molar-refractivity contribution in [2.24, 2.45) is 0 Å². The van der Waals surface area contributed by atoms with Gasteiger partial charge in [-0.3, -0.25) is 0 Å². The number of rotatable bonds is 2. The van der Waals surface area contributed by atoms with Crippen LogP contribution >= 0.6 is 15.9 Å². The second kappa shape index (κ2) is 5.52. The quantitative estimate of drug-likeness (QED) is 0.783. The highest BCUT2D eigenvalue weighted by atomic mass is 79.9. The van der Waals surface area contributed by atoms with E-state index in [0.29, 0.717) is 26.1 Å². The standard InChI is InChI=1S/C11H12BrF3N2O/c12-5-8-6-16-10(7-1-3-18-4-2-7)17-9(8)11(13,14)15/h6-7H,1-5H2. The monoisotopic (exact) mass is 324 g/mol. The predicted octanol–water partition coefficient (Wildman–Crippen LogP) is 3.28. The first-order valence-electron chi connectivity index (χ1n) is 5.59. The molecule has 0 aromatic carbocycles. The first kappa shape index (κ1) is 13.7. The summed E-state index contributed by atoms with van der Waals surface area (Å²) in [5, 5.41) is 0.0932. The van der Waals surface area contributed by atoms with Crippen molar-refractivity contribution in [2.75, 3.05) is 13.2 Å². The second-order valence-corrected chi connectivity index (χ2v) is 4.68. The van der Waals surface area contributed by atoms with Crippen LogP contribution in [0.25, 0.3) is 0 Å². The second-order valence-electron chi connectivity index (χ2n) is 4.12. The van der Waals surface area contributed by atoms with Crippen molar-refractivity contribution in [3.8, 4) is 0 Å². The van der Waals surface area contributed by atoms with Crippen LogP contribution in [0.4, 0.5) is 13.2 Å². The molecule has 0 amide bonds. The van der Waals surface area contributed by atoms with Gasteiger partial charge in [-0.2, -0.15) is 13.2 Å². The van der Waals surface area contributed by atoms with E-state index in [9.17, 15) is 13.2 Å². The lowest BCUT2D eigenvalue weighted by atomic mass is 9.99. The van der Waals surface area contributed by atoms with Crippen LogP contribution in [0.5, 0.6) is 0 Å². The van der Waals surface area contributed by atoms with Crippen LogP contribution in [0.15, 0.2) is 6.20 Å². The maximum Gasteiger partial charge on any atom is 0.433 e. The highest BCUT2D eigenvalue weighted by molar-refractivity contribution is 9.08. The topological polar surface area (TPSA) is 35.0 Å². The summed E-state index contributed by atoms with van der Waals surface area (Å²) in [6, 6.07) is 0. The lowest BCUT2D eigenvalue weighted by Crippen LogP contribution is -2.20. The van der Waals surface area contributed by atoms with Crippen LogP contribution in [-0.4, -0.2) is 23.2 Å². The van der Waals surface area contributed by atoms with Crippen molar-refractivity contribution in [1.29, 1.82) is 0 Å². The van der Waals surface area contributed by atoms with E-state index in [2.05, 4.69) is 25.9 Å². The third kappa shape index (κ3) is 3.00. The van der Waals surface area contributed by atoms with Gasteiger partial charge in [0.2, 0.25) is 0 Å². The first-order chi connectivity index (χ1) is 8.52. The fourth-order valence-electron chi connectivity index (χ4n) is 1.92. The summed E-state index contributed by atoms with van der Waals surface area (Å²) in [6.45, 7) is 1.10. The number of halogens is 4.